The van der Waals surface area contributed by atoms with Gasteiger partial charge in [0.05, 0.1) is 17.9 Å². The van der Waals surface area contributed by atoms with Crippen LogP contribution in [0.15, 0.2) is 81.7 Å². The molecule has 3 aromatic heterocycles. The maximum Gasteiger partial charge on any atom is 0.263 e. The highest BCUT2D eigenvalue weighted by atomic mass is 35.5. The molecular formula is C22H14ClN3O2S. The number of hydrogen-bond acceptors (Lipinski definition) is 5. The number of benzene rings is 2. The lowest BCUT2D eigenvalue weighted by molar-refractivity contribution is 0.484. The van der Waals surface area contributed by atoms with Crippen molar-refractivity contribution in [1.82, 2.24) is 14.5 Å². The van der Waals surface area contributed by atoms with Gasteiger partial charge in [-0.2, -0.15) is 0 Å². The van der Waals surface area contributed by atoms with Crippen molar-refractivity contribution in [3.8, 4) is 22.5 Å². The first-order valence-electron chi connectivity index (χ1n) is 8.92. The van der Waals surface area contributed by atoms with Crippen LogP contribution in [0.1, 0.15) is 5.89 Å². The van der Waals surface area contributed by atoms with E-state index >= 15 is 0 Å². The van der Waals surface area contributed by atoms with Crippen LogP contribution in [0, 0.1) is 0 Å². The van der Waals surface area contributed by atoms with Crippen LogP contribution in [-0.4, -0.2) is 14.5 Å². The molecule has 0 radical (unpaired) electrons. The van der Waals surface area contributed by atoms with E-state index in [0.717, 1.165) is 21.5 Å². The maximum absolute atomic E-state index is 13.1. The minimum Gasteiger partial charge on any atom is -0.439 e. The largest absolute Gasteiger partial charge is 0.439 e. The Hall–Kier alpha value is -3.22. The zero-order valence-electron chi connectivity index (χ0n) is 15.1. The van der Waals surface area contributed by atoms with Gasteiger partial charge in [0.1, 0.15) is 11.4 Å². The van der Waals surface area contributed by atoms with Crippen molar-refractivity contribution in [2.75, 3.05) is 0 Å². The zero-order valence-corrected chi connectivity index (χ0v) is 16.7. The summed E-state index contributed by atoms with van der Waals surface area (Å²) in [4.78, 5) is 22.6. The Labute approximate surface area is 174 Å². The molecule has 0 spiro atoms. The fourth-order valence-corrected chi connectivity index (χ4v) is 4.22. The van der Waals surface area contributed by atoms with Crippen molar-refractivity contribution in [1.29, 1.82) is 0 Å². The van der Waals surface area contributed by atoms with Crippen LogP contribution in [0.5, 0.6) is 0 Å². The third-order valence-electron chi connectivity index (χ3n) is 4.63. The highest BCUT2D eigenvalue weighted by molar-refractivity contribution is 7.17. The lowest BCUT2D eigenvalue weighted by Crippen LogP contribution is -2.21. The van der Waals surface area contributed by atoms with Gasteiger partial charge in [0, 0.05) is 21.5 Å². The van der Waals surface area contributed by atoms with Gasteiger partial charge in [0.2, 0.25) is 5.89 Å². The van der Waals surface area contributed by atoms with Crippen molar-refractivity contribution in [3.05, 3.63) is 93.8 Å². The Bertz CT molecular complexity index is 1350. The number of rotatable bonds is 4. The van der Waals surface area contributed by atoms with E-state index < -0.39 is 0 Å². The van der Waals surface area contributed by atoms with E-state index in [1.807, 2.05) is 47.8 Å². The van der Waals surface area contributed by atoms with E-state index in [2.05, 4.69) is 9.97 Å². The van der Waals surface area contributed by atoms with E-state index in [0.29, 0.717) is 22.1 Å². The van der Waals surface area contributed by atoms with Crippen LogP contribution >= 0.6 is 22.9 Å². The van der Waals surface area contributed by atoms with Crippen LogP contribution in [0.4, 0.5) is 0 Å². The summed E-state index contributed by atoms with van der Waals surface area (Å²) in [6.45, 7) is 0.208. The summed E-state index contributed by atoms with van der Waals surface area (Å²) < 4.78 is 7.36. The number of halogens is 1. The van der Waals surface area contributed by atoms with Crippen LogP contribution in [0.3, 0.4) is 0 Å². The van der Waals surface area contributed by atoms with Crippen LogP contribution in [0.2, 0.25) is 5.02 Å². The first kappa shape index (κ1) is 17.8. The highest BCUT2D eigenvalue weighted by Crippen LogP contribution is 2.30. The van der Waals surface area contributed by atoms with Gasteiger partial charge in [0.15, 0.2) is 5.76 Å². The molecule has 0 amide bonds. The number of aromatic nitrogens is 3. The van der Waals surface area contributed by atoms with E-state index in [-0.39, 0.29) is 12.1 Å². The minimum absolute atomic E-state index is 0.110. The van der Waals surface area contributed by atoms with Gasteiger partial charge in [-0.25, -0.2) is 9.97 Å². The zero-order chi connectivity index (χ0) is 19.8. The van der Waals surface area contributed by atoms with E-state index in [1.54, 1.807) is 24.7 Å². The van der Waals surface area contributed by atoms with Crippen LogP contribution in [0.25, 0.3) is 32.7 Å². The lowest BCUT2D eigenvalue weighted by Gasteiger charge is -2.04. The molecule has 2 aromatic carbocycles. The van der Waals surface area contributed by atoms with Gasteiger partial charge >= 0.3 is 0 Å². The first-order chi connectivity index (χ1) is 14.2. The van der Waals surface area contributed by atoms with Gasteiger partial charge in [-0.15, -0.1) is 11.3 Å². The molecule has 7 heteroatoms. The predicted octanol–water partition coefficient (Wildman–Crippen LogP) is 5.48. The van der Waals surface area contributed by atoms with Gasteiger partial charge in [-0.1, -0.05) is 41.9 Å². The number of fused-ring (bicyclic) bond motifs is 1. The molecule has 0 aliphatic carbocycles. The average Bonchev–Trinajstić information content (AvgIpc) is 3.39. The molecule has 0 saturated carbocycles. The Kier molecular flexibility index (Phi) is 4.50. The Morgan fingerprint density at radius 1 is 1.00 bits per heavy atom. The standard InChI is InChI=1S/C22H14ClN3O2S/c23-16-8-6-15(7-9-16)18-10-24-19(28-18)11-26-13-25-21-20(22(26)27)17(12-29-21)14-4-2-1-3-5-14/h1-10,12-13H,11H2. The molecule has 3 heterocycles. The number of oxazole rings is 1. The van der Waals surface area contributed by atoms with Gasteiger partial charge in [-0.3, -0.25) is 9.36 Å². The second-order valence-corrected chi connectivity index (χ2v) is 7.79. The second-order valence-electron chi connectivity index (χ2n) is 6.50. The molecule has 0 aliphatic rings. The van der Waals surface area contributed by atoms with Crippen LogP contribution in [-0.2, 0) is 6.54 Å². The van der Waals surface area contributed by atoms with Crippen molar-refractivity contribution in [2.24, 2.45) is 0 Å². The maximum atomic E-state index is 13.1. The molecule has 0 aliphatic heterocycles. The molecule has 29 heavy (non-hydrogen) atoms. The summed E-state index contributed by atoms with van der Waals surface area (Å²) in [6, 6.07) is 17.2. The van der Waals surface area contributed by atoms with Gasteiger partial charge in [-0.05, 0) is 29.8 Å². The monoisotopic (exact) mass is 419 g/mol. The molecule has 0 N–H and O–H groups in total. The molecule has 0 atom stereocenters. The first-order valence-corrected chi connectivity index (χ1v) is 10.2. The van der Waals surface area contributed by atoms with E-state index in [4.69, 9.17) is 16.0 Å². The smallest absolute Gasteiger partial charge is 0.263 e. The predicted molar refractivity (Wildman–Crippen MR) is 115 cm³/mol. The van der Waals surface area contributed by atoms with E-state index in [1.165, 1.54) is 15.9 Å². The van der Waals surface area contributed by atoms with Crippen molar-refractivity contribution >= 4 is 33.2 Å². The lowest BCUT2D eigenvalue weighted by atomic mass is 10.1. The summed E-state index contributed by atoms with van der Waals surface area (Å²) in [5.41, 5.74) is 2.66. The highest BCUT2D eigenvalue weighted by Gasteiger charge is 2.15. The molecule has 5 aromatic rings. The van der Waals surface area contributed by atoms with Gasteiger partial charge < -0.3 is 4.42 Å². The summed E-state index contributed by atoms with van der Waals surface area (Å²) >= 11 is 7.40. The normalized spacial score (nSPS) is 11.2. The fraction of sp³-hybridized carbons (Fsp3) is 0.0455. The summed E-state index contributed by atoms with van der Waals surface area (Å²) in [6.07, 6.45) is 3.19. The Morgan fingerprint density at radius 3 is 2.59 bits per heavy atom. The Morgan fingerprint density at radius 2 is 1.79 bits per heavy atom. The molecule has 5 rings (SSSR count). The van der Waals surface area contributed by atoms with Crippen LogP contribution < -0.4 is 5.56 Å². The Balaban J connectivity index is 1.51. The second kappa shape index (κ2) is 7.31. The third kappa shape index (κ3) is 3.37. The van der Waals surface area contributed by atoms with Gasteiger partial charge in [0.25, 0.3) is 5.56 Å². The molecular weight excluding hydrogens is 406 g/mol. The summed E-state index contributed by atoms with van der Waals surface area (Å²) in [5.74, 6) is 1.06. The molecule has 5 nitrogen and oxygen atoms in total. The van der Waals surface area contributed by atoms with Crippen molar-refractivity contribution < 1.29 is 4.42 Å². The number of hydrogen-bond donors (Lipinski definition) is 0. The SMILES string of the molecule is O=c1c2c(-c3ccccc3)csc2ncn1Cc1ncc(-c2ccc(Cl)cc2)o1. The van der Waals surface area contributed by atoms with Crippen molar-refractivity contribution in [3.63, 3.8) is 0 Å². The molecule has 0 saturated heterocycles. The third-order valence-corrected chi connectivity index (χ3v) is 5.77. The minimum atomic E-state index is -0.110. The fourth-order valence-electron chi connectivity index (χ4n) is 3.19. The summed E-state index contributed by atoms with van der Waals surface area (Å²) in [7, 11) is 0. The molecule has 0 fully saturated rings. The molecule has 0 bridgehead atoms. The topological polar surface area (TPSA) is 60.9 Å². The average molecular weight is 420 g/mol. The van der Waals surface area contributed by atoms with E-state index in [9.17, 15) is 4.79 Å². The van der Waals surface area contributed by atoms with Crippen molar-refractivity contribution in [2.45, 2.75) is 6.54 Å². The number of nitrogens with zero attached hydrogens (tertiary/aromatic N) is 3. The quantitative estimate of drug-likeness (QED) is 0.387. The molecule has 0 unspecified atom stereocenters. The molecule has 142 valence electrons. The number of thiophene rings is 1. The summed E-state index contributed by atoms with van der Waals surface area (Å²) in [5, 5.41) is 3.25.